The van der Waals surface area contributed by atoms with E-state index in [1.165, 1.54) is 10.4 Å². The summed E-state index contributed by atoms with van der Waals surface area (Å²) in [5.74, 6) is 0.736. The standard InChI is InChI=1S/C30H36N2O2S/c1-4-22(2)18-32(30(34)28-17-27(28)25-13-9-6-10-14-25)21-29(33)31(19-24-11-7-5-8-12-24)20-26-16-15-23(3)35-26/h5-16,22,27-28H,4,17-21H2,1-3H3/t22-,27+,28+/m1/s1. The fraction of sp³-hybridized carbons (Fsp3) is 0.400. The van der Waals surface area contributed by atoms with Gasteiger partial charge in [-0.25, -0.2) is 0 Å². The third-order valence-corrected chi connectivity index (χ3v) is 7.90. The Morgan fingerprint density at radius 2 is 1.63 bits per heavy atom. The van der Waals surface area contributed by atoms with E-state index in [1.807, 2.05) is 46.2 Å². The average Bonchev–Trinajstić information content (AvgIpc) is 3.58. The first-order chi connectivity index (χ1) is 16.9. The molecule has 35 heavy (non-hydrogen) atoms. The molecule has 0 aliphatic heterocycles. The lowest BCUT2D eigenvalue weighted by Crippen LogP contribution is -2.44. The zero-order chi connectivity index (χ0) is 24.8. The van der Waals surface area contributed by atoms with Crippen molar-refractivity contribution in [3.05, 3.63) is 93.7 Å². The Hall–Kier alpha value is -2.92. The van der Waals surface area contributed by atoms with Crippen LogP contribution in [0.1, 0.15) is 53.5 Å². The fourth-order valence-electron chi connectivity index (χ4n) is 4.57. The summed E-state index contributed by atoms with van der Waals surface area (Å²) in [7, 11) is 0. The predicted molar refractivity (Wildman–Crippen MR) is 143 cm³/mol. The van der Waals surface area contributed by atoms with Gasteiger partial charge in [0.25, 0.3) is 0 Å². The molecule has 1 fully saturated rings. The van der Waals surface area contributed by atoms with Crippen LogP contribution in [0.4, 0.5) is 0 Å². The molecule has 1 heterocycles. The number of carbonyl (C=O) groups is 2. The third kappa shape index (κ3) is 6.82. The summed E-state index contributed by atoms with van der Waals surface area (Å²) in [6.45, 7) is 8.24. The molecule has 2 aromatic carbocycles. The minimum Gasteiger partial charge on any atom is -0.333 e. The molecule has 0 unspecified atom stereocenters. The summed E-state index contributed by atoms with van der Waals surface area (Å²) >= 11 is 1.72. The smallest absolute Gasteiger partial charge is 0.242 e. The van der Waals surface area contributed by atoms with E-state index in [0.29, 0.717) is 25.6 Å². The van der Waals surface area contributed by atoms with Gasteiger partial charge in [-0.1, -0.05) is 80.9 Å². The molecule has 0 spiro atoms. The van der Waals surface area contributed by atoms with E-state index in [0.717, 1.165) is 23.3 Å². The summed E-state index contributed by atoms with van der Waals surface area (Å²) in [5, 5.41) is 0. The Kier molecular flexibility index (Phi) is 8.40. The minimum absolute atomic E-state index is 0.00784. The van der Waals surface area contributed by atoms with E-state index in [1.54, 1.807) is 11.3 Å². The van der Waals surface area contributed by atoms with Crippen LogP contribution in [0.25, 0.3) is 0 Å². The average molecular weight is 489 g/mol. The van der Waals surface area contributed by atoms with Gasteiger partial charge >= 0.3 is 0 Å². The van der Waals surface area contributed by atoms with Crippen LogP contribution >= 0.6 is 11.3 Å². The van der Waals surface area contributed by atoms with Gasteiger partial charge in [0.15, 0.2) is 0 Å². The molecule has 0 saturated heterocycles. The van der Waals surface area contributed by atoms with Crippen LogP contribution in [0.5, 0.6) is 0 Å². The first kappa shape index (κ1) is 25.2. The molecule has 0 radical (unpaired) electrons. The van der Waals surface area contributed by atoms with Gasteiger partial charge in [-0.15, -0.1) is 11.3 Å². The molecule has 5 heteroatoms. The summed E-state index contributed by atoms with van der Waals surface area (Å²) in [4.78, 5) is 33.4. The first-order valence-corrected chi connectivity index (χ1v) is 13.5. The normalized spacial score (nSPS) is 17.6. The van der Waals surface area contributed by atoms with Crippen LogP contribution in [0, 0.1) is 18.8 Å². The number of aryl methyl sites for hydroxylation is 1. The molecule has 184 valence electrons. The van der Waals surface area contributed by atoms with Crippen LogP contribution in [-0.2, 0) is 22.7 Å². The second-order valence-corrected chi connectivity index (χ2v) is 11.2. The molecule has 0 N–H and O–H groups in total. The molecule has 4 nitrogen and oxygen atoms in total. The van der Waals surface area contributed by atoms with Crippen molar-refractivity contribution in [3.8, 4) is 0 Å². The molecule has 0 bridgehead atoms. The van der Waals surface area contributed by atoms with Crippen molar-refractivity contribution >= 4 is 23.2 Å². The molecule has 1 aliphatic rings. The van der Waals surface area contributed by atoms with E-state index in [4.69, 9.17) is 0 Å². The van der Waals surface area contributed by atoms with Gasteiger partial charge in [-0.3, -0.25) is 9.59 Å². The largest absolute Gasteiger partial charge is 0.333 e. The Morgan fingerprint density at radius 1 is 0.943 bits per heavy atom. The summed E-state index contributed by atoms with van der Waals surface area (Å²) in [6, 6.07) is 24.6. The minimum atomic E-state index is -0.0169. The highest BCUT2D eigenvalue weighted by Crippen LogP contribution is 2.48. The quantitative estimate of drug-likeness (QED) is 0.319. The highest BCUT2D eigenvalue weighted by atomic mass is 32.1. The topological polar surface area (TPSA) is 40.6 Å². The van der Waals surface area contributed by atoms with Crippen molar-refractivity contribution in [3.63, 3.8) is 0 Å². The highest BCUT2D eigenvalue weighted by Gasteiger charge is 2.46. The molecule has 2 amide bonds. The molecular weight excluding hydrogens is 452 g/mol. The van der Waals surface area contributed by atoms with Crippen molar-refractivity contribution < 1.29 is 9.59 Å². The SMILES string of the molecule is CC[C@@H](C)CN(CC(=O)N(Cc1ccccc1)Cc1ccc(C)s1)C(=O)[C@H]1C[C@H]1c1ccccc1. The number of thiophene rings is 1. The maximum atomic E-state index is 13.7. The molecule has 1 aromatic heterocycles. The maximum Gasteiger partial charge on any atom is 0.242 e. The van der Waals surface area contributed by atoms with Gasteiger partial charge in [0.05, 0.1) is 13.1 Å². The van der Waals surface area contributed by atoms with Crippen LogP contribution in [-0.4, -0.2) is 34.7 Å². The molecule has 1 saturated carbocycles. The zero-order valence-corrected chi connectivity index (χ0v) is 21.8. The van der Waals surface area contributed by atoms with Crippen molar-refractivity contribution in [2.75, 3.05) is 13.1 Å². The molecular formula is C30H36N2O2S. The third-order valence-electron chi connectivity index (χ3n) is 6.91. The summed E-state index contributed by atoms with van der Waals surface area (Å²) < 4.78 is 0. The lowest BCUT2D eigenvalue weighted by molar-refractivity contribution is -0.142. The van der Waals surface area contributed by atoms with E-state index < -0.39 is 0 Å². The Labute approximate surface area is 213 Å². The van der Waals surface area contributed by atoms with Gasteiger partial charge < -0.3 is 9.80 Å². The number of nitrogens with zero attached hydrogens (tertiary/aromatic N) is 2. The summed E-state index contributed by atoms with van der Waals surface area (Å²) in [6.07, 6.45) is 1.85. The first-order valence-electron chi connectivity index (χ1n) is 12.6. The zero-order valence-electron chi connectivity index (χ0n) is 21.0. The molecule has 3 aromatic rings. The van der Waals surface area contributed by atoms with Crippen molar-refractivity contribution in [1.82, 2.24) is 9.80 Å². The molecule has 1 aliphatic carbocycles. The van der Waals surface area contributed by atoms with Crippen molar-refractivity contribution in [1.29, 1.82) is 0 Å². The summed E-state index contributed by atoms with van der Waals surface area (Å²) in [5.41, 5.74) is 2.32. The van der Waals surface area contributed by atoms with Crippen molar-refractivity contribution in [2.24, 2.45) is 11.8 Å². The van der Waals surface area contributed by atoms with Crippen molar-refractivity contribution in [2.45, 2.75) is 52.6 Å². The number of amides is 2. The number of hydrogen-bond acceptors (Lipinski definition) is 3. The number of hydrogen-bond donors (Lipinski definition) is 0. The van der Waals surface area contributed by atoms with E-state index in [-0.39, 0.29) is 30.2 Å². The van der Waals surface area contributed by atoms with Gasteiger partial charge in [-0.2, -0.15) is 0 Å². The van der Waals surface area contributed by atoms with E-state index in [9.17, 15) is 9.59 Å². The lowest BCUT2D eigenvalue weighted by atomic mass is 10.1. The fourth-order valence-corrected chi connectivity index (χ4v) is 5.47. The van der Waals surface area contributed by atoms with Gasteiger partial charge in [-0.05, 0) is 48.4 Å². The van der Waals surface area contributed by atoms with Crippen LogP contribution in [0.15, 0.2) is 72.8 Å². The highest BCUT2D eigenvalue weighted by molar-refractivity contribution is 7.11. The number of benzene rings is 2. The Bertz CT molecular complexity index is 1110. The Morgan fingerprint density at radius 3 is 2.26 bits per heavy atom. The van der Waals surface area contributed by atoms with Gasteiger partial charge in [0.2, 0.25) is 11.8 Å². The van der Waals surface area contributed by atoms with Crippen LogP contribution in [0.3, 0.4) is 0 Å². The van der Waals surface area contributed by atoms with E-state index >= 15 is 0 Å². The van der Waals surface area contributed by atoms with Gasteiger partial charge in [0, 0.05) is 28.8 Å². The second kappa shape index (κ2) is 11.7. The number of carbonyl (C=O) groups excluding carboxylic acids is 2. The van der Waals surface area contributed by atoms with Gasteiger partial charge in [0.1, 0.15) is 0 Å². The van der Waals surface area contributed by atoms with Crippen LogP contribution in [0.2, 0.25) is 0 Å². The Balaban J connectivity index is 1.50. The number of rotatable bonds is 11. The van der Waals surface area contributed by atoms with Crippen LogP contribution < -0.4 is 0 Å². The molecule has 3 atom stereocenters. The lowest BCUT2D eigenvalue weighted by Gasteiger charge is -2.29. The van der Waals surface area contributed by atoms with E-state index in [2.05, 4.69) is 57.2 Å². The monoisotopic (exact) mass is 488 g/mol. The predicted octanol–water partition coefficient (Wildman–Crippen LogP) is 6.26. The maximum absolute atomic E-state index is 13.7. The second-order valence-electron chi connectivity index (χ2n) is 9.84. The molecule has 4 rings (SSSR count).